The molecule has 4 heterocycles. The van der Waals surface area contributed by atoms with E-state index in [1.54, 1.807) is 0 Å². The maximum absolute atomic E-state index is 6.17. The van der Waals surface area contributed by atoms with Crippen molar-refractivity contribution in [3.05, 3.63) is 52.0 Å². The first kappa shape index (κ1) is 12.5. The Labute approximate surface area is 123 Å². The van der Waals surface area contributed by atoms with Crippen molar-refractivity contribution in [2.75, 3.05) is 13.1 Å². The van der Waals surface area contributed by atoms with Crippen LogP contribution in [0.4, 0.5) is 0 Å². The van der Waals surface area contributed by atoms with Gasteiger partial charge in [-0.2, -0.15) is 0 Å². The molecule has 4 rings (SSSR count). The summed E-state index contributed by atoms with van der Waals surface area (Å²) < 4.78 is 6.17. The van der Waals surface area contributed by atoms with Gasteiger partial charge in [0.25, 0.3) is 0 Å². The van der Waals surface area contributed by atoms with Crippen molar-refractivity contribution < 1.29 is 4.74 Å². The first-order valence-corrected chi connectivity index (χ1v) is 8.06. The zero-order valence-corrected chi connectivity index (χ0v) is 12.2. The Hall–Kier alpha value is -1.23. The van der Waals surface area contributed by atoms with E-state index in [4.69, 9.17) is 4.74 Å². The molecule has 1 saturated heterocycles. The van der Waals surface area contributed by atoms with Gasteiger partial charge in [0.2, 0.25) is 0 Å². The van der Waals surface area contributed by atoms with E-state index in [0.29, 0.717) is 0 Å². The number of nitrogens with zero attached hydrogens (tertiary/aromatic N) is 2. The first-order valence-electron chi connectivity index (χ1n) is 7.18. The van der Waals surface area contributed by atoms with Crippen molar-refractivity contribution in [3.8, 4) is 0 Å². The predicted molar refractivity (Wildman–Crippen MR) is 79.5 cm³/mol. The van der Waals surface area contributed by atoms with Gasteiger partial charge in [-0.05, 0) is 35.9 Å². The average Bonchev–Trinajstić information content (AvgIpc) is 3.11. The van der Waals surface area contributed by atoms with Crippen molar-refractivity contribution in [2.24, 2.45) is 0 Å². The number of aromatic nitrogens is 1. The van der Waals surface area contributed by atoms with Gasteiger partial charge in [0.05, 0.1) is 12.2 Å². The smallest absolute Gasteiger partial charge is 0.0978 e. The number of fused-ring (bicyclic) bond motifs is 2. The lowest BCUT2D eigenvalue weighted by molar-refractivity contribution is -0.0799. The summed E-state index contributed by atoms with van der Waals surface area (Å²) in [5.74, 6) is 0. The summed E-state index contributed by atoms with van der Waals surface area (Å²) in [6, 6.07) is 6.45. The molecular formula is C16H18N2OS. The molecule has 0 unspecified atom stereocenters. The fourth-order valence-corrected chi connectivity index (χ4v) is 4.11. The quantitative estimate of drug-likeness (QED) is 0.848. The lowest BCUT2D eigenvalue weighted by Crippen LogP contribution is -2.42. The van der Waals surface area contributed by atoms with Gasteiger partial charge >= 0.3 is 0 Å². The fraction of sp³-hybridized carbons (Fsp3) is 0.438. The Morgan fingerprint density at radius 3 is 3.00 bits per heavy atom. The molecule has 1 fully saturated rings. The SMILES string of the molecule is c1csc(CN2CCC3(CC2)OCc2ccncc23)c1. The number of piperidine rings is 1. The Morgan fingerprint density at radius 2 is 2.20 bits per heavy atom. The van der Waals surface area contributed by atoms with Crippen LogP contribution in [0.2, 0.25) is 0 Å². The molecule has 0 bridgehead atoms. The maximum Gasteiger partial charge on any atom is 0.0978 e. The minimum absolute atomic E-state index is 0.0600. The van der Waals surface area contributed by atoms with Crippen LogP contribution in [0.25, 0.3) is 0 Å². The minimum Gasteiger partial charge on any atom is -0.365 e. The van der Waals surface area contributed by atoms with Crippen molar-refractivity contribution in [1.29, 1.82) is 0 Å². The summed E-state index contributed by atoms with van der Waals surface area (Å²) in [7, 11) is 0. The molecule has 0 aliphatic carbocycles. The third kappa shape index (κ3) is 2.08. The number of hydrogen-bond donors (Lipinski definition) is 0. The van der Waals surface area contributed by atoms with Gasteiger partial charge in [-0.1, -0.05) is 6.07 Å². The van der Waals surface area contributed by atoms with E-state index in [9.17, 15) is 0 Å². The highest BCUT2D eigenvalue weighted by Crippen LogP contribution is 2.43. The van der Waals surface area contributed by atoms with E-state index in [0.717, 1.165) is 39.1 Å². The predicted octanol–water partition coefficient (Wildman–Crippen LogP) is 3.16. The summed E-state index contributed by atoms with van der Waals surface area (Å²) in [5, 5.41) is 2.16. The van der Waals surface area contributed by atoms with Crippen LogP contribution in [0.1, 0.15) is 28.8 Å². The summed E-state index contributed by atoms with van der Waals surface area (Å²) in [5.41, 5.74) is 2.60. The number of likely N-dealkylation sites (tertiary alicyclic amines) is 1. The third-order valence-corrected chi connectivity index (χ3v) is 5.39. The monoisotopic (exact) mass is 286 g/mol. The highest BCUT2D eigenvalue weighted by atomic mass is 32.1. The summed E-state index contributed by atoms with van der Waals surface area (Å²) in [6.07, 6.45) is 6.04. The lowest BCUT2D eigenvalue weighted by Gasteiger charge is -2.39. The highest BCUT2D eigenvalue weighted by molar-refractivity contribution is 7.09. The number of pyridine rings is 1. The molecule has 4 heteroatoms. The standard InChI is InChI=1S/C16H18N2OS/c1-2-14(20-9-1)11-18-7-4-16(5-8-18)15-10-17-6-3-13(15)12-19-16/h1-3,6,9-10H,4-5,7-8,11-12H2. The van der Waals surface area contributed by atoms with Crippen molar-refractivity contribution >= 4 is 11.3 Å². The molecular weight excluding hydrogens is 268 g/mol. The molecule has 2 aliphatic heterocycles. The zero-order chi connectivity index (χ0) is 13.4. The Kier molecular flexibility index (Phi) is 3.10. The zero-order valence-electron chi connectivity index (χ0n) is 11.4. The van der Waals surface area contributed by atoms with Crippen LogP contribution in [-0.4, -0.2) is 23.0 Å². The molecule has 2 aromatic rings. The topological polar surface area (TPSA) is 25.4 Å². The van der Waals surface area contributed by atoms with E-state index >= 15 is 0 Å². The molecule has 0 atom stereocenters. The van der Waals surface area contributed by atoms with Crippen LogP contribution in [0, 0.1) is 0 Å². The molecule has 3 nitrogen and oxygen atoms in total. The van der Waals surface area contributed by atoms with Gasteiger partial charge in [-0.25, -0.2) is 0 Å². The van der Waals surface area contributed by atoms with Crippen LogP contribution in [0.5, 0.6) is 0 Å². The fourth-order valence-electron chi connectivity index (χ4n) is 3.36. The summed E-state index contributed by atoms with van der Waals surface area (Å²) in [6.45, 7) is 4.04. The van der Waals surface area contributed by atoms with Crippen LogP contribution < -0.4 is 0 Å². The summed E-state index contributed by atoms with van der Waals surface area (Å²) >= 11 is 1.85. The van der Waals surface area contributed by atoms with E-state index in [1.165, 1.54) is 16.0 Å². The minimum atomic E-state index is -0.0600. The molecule has 20 heavy (non-hydrogen) atoms. The normalized spacial score (nSPS) is 21.2. The maximum atomic E-state index is 6.17. The first-order chi connectivity index (χ1) is 9.86. The Bertz CT molecular complexity index is 588. The second kappa shape index (κ2) is 4.95. The van der Waals surface area contributed by atoms with E-state index in [2.05, 4.69) is 33.5 Å². The van der Waals surface area contributed by atoms with Gasteiger partial charge in [0.15, 0.2) is 0 Å². The van der Waals surface area contributed by atoms with Gasteiger partial charge < -0.3 is 4.74 Å². The van der Waals surface area contributed by atoms with Crippen LogP contribution in [0.3, 0.4) is 0 Å². The molecule has 0 radical (unpaired) electrons. The molecule has 0 amide bonds. The molecule has 0 saturated carbocycles. The van der Waals surface area contributed by atoms with E-state index in [1.807, 2.05) is 23.7 Å². The Morgan fingerprint density at radius 1 is 1.30 bits per heavy atom. The second-order valence-corrected chi connectivity index (χ2v) is 6.70. The molecule has 2 aliphatic rings. The Balaban J connectivity index is 1.47. The second-order valence-electron chi connectivity index (χ2n) is 5.67. The summed E-state index contributed by atoms with van der Waals surface area (Å²) in [4.78, 5) is 8.28. The van der Waals surface area contributed by atoms with Crippen molar-refractivity contribution in [2.45, 2.75) is 31.6 Å². The molecule has 0 aromatic carbocycles. The average molecular weight is 286 g/mol. The van der Waals surface area contributed by atoms with Gasteiger partial charge in [-0.3, -0.25) is 9.88 Å². The van der Waals surface area contributed by atoms with Crippen LogP contribution in [0.15, 0.2) is 36.0 Å². The number of hydrogen-bond acceptors (Lipinski definition) is 4. The lowest BCUT2D eigenvalue weighted by atomic mass is 9.85. The molecule has 0 N–H and O–H groups in total. The van der Waals surface area contributed by atoms with Crippen molar-refractivity contribution in [1.82, 2.24) is 9.88 Å². The van der Waals surface area contributed by atoms with E-state index in [-0.39, 0.29) is 5.60 Å². The number of ether oxygens (including phenoxy) is 1. The van der Waals surface area contributed by atoms with E-state index < -0.39 is 0 Å². The van der Waals surface area contributed by atoms with Crippen molar-refractivity contribution in [3.63, 3.8) is 0 Å². The number of thiophene rings is 1. The van der Waals surface area contributed by atoms with Gasteiger partial charge in [0, 0.05) is 42.5 Å². The molecule has 104 valence electrons. The largest absolute Gasteiger partial charge is 0.365 e. The molecule has 1 spiro atoms. The van der Waals surface area contributed by atoms with Gasteiger partial charge in [0.1, 0.15) is 0 Å². The molecule has 2 aromatic heterocycles. The number of rotatable bonds is 2. The van der Waals surface area contributed by atoms with Crippen LogP contribution >= 0.6 is 11.3 Å². The van der Waals surface area contributed by atoms with Crippen LogP contribution in [-0.2, 0) is 23.5 Å². The van der Waals surface area contributed by atoms with Gasteiger partial charge in [-0.15, -0.1) is 11.3 Å². The highest BCUT2D eigenvalue weighted by Gasteiger charge is 2.42. The third-order valence-electron chi connectivity index (χ3n) is 4.53.